The van der Waals surface area contributed by atoms with E-state index >= 15 is 0 Å². The van der Waals surface area contributed by atoms with Gasteiger partial charge in [-0.05, 0) is 75.1 Å². The van der Waals surface area contributed by atoms with E-state index in [0.29, 0.717) is 11.0 Å². The van der Waals surface area contributed by atoms with Crippen LogP contribution in [-0.4, -0.2) is 44.7 Å². The normalized spacial score (nSPS) is 13.6. The minimum atomic E-state index is -3.69. The van der Waals surface area contributed by atoms with E-state index < -0.39 is 20.0 Å². The highest BCUT2D eigenvalue weighted by Gasteiger charge is 2.23. The van der Waals surface area contributed by atoms with Crippen LogP contribution in [0.2, 0.25) is 5.15 Å². The van der Waals surface area contributed by atoms with Crippen molar-refractivity contribution in [3.05, 3.63) is 114 Å². The van der Waals surface area contributed by atoms with Crippen LogP contribution in [-0.2, 0) is 20.0 Å². The molecule has 7 rings (SSSR count). The van der Waals surface area contributed by atoms with Crippen LogP contribution in [0.1, 0.15) is 36.1 Å². The maximum absolute atomic E-state index is 12.9. The van der Waals surface area contributed by atoms with Crippen LogP contribution < -0.4 is 0 Å². The second-order valence-electron chi connectivity index (χ2n) is 10.3. The number of aromatic nitrogens is 6. The first kappa shape index (κ1) is 29.7. The molecule has 0 amide bonds. The first-order valence-electron chi connectivity index (χ1n) is 13.7. The zero-order chi connectivity index (χ0) is 31.1. The average Bonchev–Trinajstić information content (AvgIpc) is 3.79. The quantitative estimate of drug-likeness (QED) is 0.203. The van der Waals surface area contributed by atoms with Crippen molar-refractivity contribution in [1.82, 2.24) is 27.9 Å². The fraction of sp³-hybridized carbons (Fsp3) is 0.161. The van der Waals surface area contributed by atoms with Crippen LogP contribution in [0.5, 0.6) is 0 Å². The van der Waals surface area contributed by atoms with E-state index in [1.165, 1.54) is 28.4 Å². The Morgan fingerprint density at radius 1 is 0.659 bits per heavy atom. The molecule has 1 aliphatic carbocycles. The van der Waals surface area contributed by atoms with Crippen LogP contribution in [0.3, 0.4) is 0 Å². The average molecular weight is 647 g/mol. The molecule has 0 radical (unpaired) electrons. The van der Waals surface area contributed by atoms with Gasteiger partial charge in [0.25, 0.3) is 20.0 Å². The predicted octanol–water partition coefficient (Wildman–Crippen LogP) is 6.17. The Morgan fingerprint density at radius 3 is 1.68 bits per heavy atom. The number of benzene rings is 2. The van der Waals surface area contributed by atoms with Crippen LogP contribution in [0, 0.1) is 13.8 Å². The molecule has 0 spiro atoms. The number of fused-ring (bicyclic) bond motifs is 2. The summed E-state index contributed by atoms with van der Waals surface area (Å²) < 4.78 is 53.4. The topological polar surface area (TPSA) is 130 Å². The fourth-order valence-electron chi connectivity index (χ4n) is 5.00. The number of allylic oxidation sites excluding steroid dienone is 2. The van der Waals surface area contributed by atoms with E-state index in [0.717, 1.165) is 45.4 Å². The number of halogens is 1. The third-order valence-electron chi connectivity index (χ3n) is 7.35. The molecule has 2 aromatic carbocycles. The molecule has 0 aliphatic heterocycles. The van der Waals surface area contributed by atoms with Crippen molar-refractivity contribution in [3.63, 3.8) is 0 Å². The zero-order valence-corrected chi connectivity index (χ0v) is 26.2. The molecule has 1 aliphatic rings. The van der Waals surface area contributed by atoms with Crippen molar-refractivity contribution in [3.8, 4) is 0 Å². The first-order chi connectivity index (χ1) is 21.1. The minimum absolute atomic E-state index is 0.204. The molecule has 4 aromatic heterocycles. The molecule has 4 heterocycles. The van der Waals surface area contributed by atoms with Crippen molar-refractivity contribution in [1.29, 1.82) is 0 Å². The molecule has 224 valence electrons. The van der Waals surface area contributed by atoms with Gasteiger partial charge in [-0.25, -0.2) is 44.7 Å². The molecular formula is C31H27ClN6O4S2. The largest absolute Gasteiger partial charge is 0.269 e. The molecule has 6 aromatic rings. The van der Waals surface area contributed by atoms with Crippen molar-refractivity contribution in [2.24, 2.45) is 0 Å². The molecule has 0 N–H and O–H groups in total. The zero-order valence-electron chi connectivity index (χ0n) is 23.8. The van der Waals surface area contributed by atoms with Gasteiger partial charge in [-0.2, -0.15) is 0 Å². The predicted molar refractivity (Wildman–Crippen MR) is 169 cm³/mol. The molecule has 0 fully saturated rings. The molecule has 44 heavy (non-hydrogen) atoms. The van der Waals surface area contributed by atoms with E-state index in [4.69, 9.17) is 11.6 Å². The number of nitrogens with zero attached hydrogens (tertiary/aromatic N) is 6. The molecule has 0 atom stereocenters. The van der Waals surface area contributed by atoms with E-state index in [1.54, 1.807) is 66.9 Å². The summed E-state index contributed by atoms with van der Waals surface area (Å²) >= 11 is 5.93. The summed E-state index contributed by atoms with van der Waals surface area (Å²) in [6.07, 6.45) is 11.0. The van der Waals surface area contributed by atoms with Gasteiger partial charge in [0.2, 0.25) is 0 Å². The number of hydrogen-bond donors (Lipinski definition) is 0. The highest BCUT2D eigenvalue weighted by Crippen LogP contribution is 2.32. The second-order valence-corrected chi connectivity index (χ2v) is 14.3. The lowest BCUT2D eigenvalue weighted by atomic mass is 10.1. The Morgan fingerprint density at radius 2 is 1.16 bits per heavy atom. The van der Waals surface area contributed by atoms with Crippen molar-refractivity contribution in [2.45, 2.75) is 42.9 Å². The fourth-order valence-corrected chi connectivity index (χ4v) is 7.80. The Bertz CT molecular complexity index is 2260. The van der Waals surface area contributed by atoms with Crippen molar-refractivity contribution < 1.29 is 16.8 Å². The Labute approximate surface area is 259 Å². The second kappa shape index (κ2) is 11.6. The molecule has 0 saturated heterocycles. The third kappa shape index (κ3) is 5.40. The minimum Gasteiger partial charge on any atom is -0.236 e. The van der Waals surface area contributed by atoms with Crippen LogP contribution in [0.15, 0.2) is 102 Å². The molecule has 0 saturated carbocycles. The molecule has 0 bridgehead atoms. The number of hydrogen-bond acceptors (Lipinski definition) is 8. The summed E-state index contributed by atoms with van der Waals surface area (Å²) in [6.45, 7) is 3.82. The van der Waals surface area contributed by atoms with Gasteiger partial charge < -0.3 is 0 Å². The lowest BCUT2D eigenvalue weighted by molar-refractivity contribution is 0.587. The van der Waals surface area contributed by atoms with Gasteiger partial charge >= 0.3 is 0 Å². The smallest absolute Gasteiger partial charge is 0.236 e. The van der Waals surface area contributed by atoms with E-state index in [9.17, 15) is 16.8 Å². The van der Waals surface area contributed by atoms with Crippen LogP contribution in [0.25, 0.3) is 27.6 Å². The van der Waals surface area contributed by atoms with Crippen molar-refractivity contribution >= 4 is 59.3 Å². The maximum atomic E-state index is 12.9. The molecule has 13 heteroatoms. The first-order valence-corrected chi connectivity index (χ1v) is 17.0. The summed E-state index contributed by atoms with van der Waals surface area (Å²) in [7, 11) is -7.36. The number of aryl methyl sites for hydroxylation is 2. The summed E-state index contributed by atoms with van der Waals surface area (Å²) in [5.74, 6) is 0. The summed E-state index contributed by atoms with van der Waals surface area (Å²) in [4.78, 5) is 16.9. The third-order valence-corrected chi connectivity index (χ3v) is 11.0. The molecule has 10 nitrogen and oxygen atoms in total. The Hall–Kier alpha value is -4.39. The highest BCUT2D eigenvalue weighted by molar-refractivity contribution is 7.90. The van der Waals surface area contributed by atoms with Crippen molar-refractivity contribution in [2.75, 3.05) is 0 Å². The maximum Gasteiger partial charge on any atom is 0.269 e. The highest BCUT2D eigenvalue weighted by atomic mass is 35.5. The van der Waals surface area contributed by atoms with Gasteiger partial charge in [0.1, 0.15) is 17.8 Å². The van der Waals surface area contributed by atoms with Gasteiger partial charge in [-0.1, -0.05) is 53.1 Å². The number of rotatable bonds is 5. The van der Waals surface area contributed by atoms with E-state index in [1.807, 2.05) is 13.8 Å². The summed E-state index contributed by atoms with van der Waals surface area (Å²) in [6, 6.07) is 16.8. The van der Waals surface area contributed by atoms with Gasteiger partial charge in [0.15, 0.2) is 11.3 Å². The Balaban J connectivity index is 0.000000159. The SMILES string of the molecule is Cc1ccc(S(=O)(=O)n2ccc3c(C4=CCCC4)ncnc32)cc1.Cc1ccc(S(=O)(=O)n2ccc3c(Cl)ncnc32)cc1. The van der Waals surface area contributed by atoms with Crippen LogP contribution in [0.4, 0.5) is 0 Å². The lowest BCUT2D eigenvalue weighted by Crippen LogP contribution is -2.12. The van der Waals surface area contributed by atoms with Gasteiger partial charge in [0, 0.05) is 17.8 Å². The summed E-state index contributed by atoms with van der Waals surface area (Å²) in [5.41, 5.74) is 4.72. The molecular weight excluding hydrogens is 620 g/mol. The Kier molecular flexibility index (Phi) is 7.82. The van der Waals surface area contributed by atoms with Gasteiger partial charge in [-0.3, -0.25) is 0 Å². The lowest BCUT2D eigenvalue weighted by Gasteiger charge is -2.08. The standard InChI is InChI=1S/C18H17N3O2S.C13H10ClN3O2S/c1-13-6-8-15(9-7-13)24(22,23)21-11-10-16-17(14-4-2-3-5-14)19-12-20-18(16)21;1-9-2-4-10(5-3-9)20(18,19)17-7-6-11-12(14)15-8-16-13(11)17/h4,6-12H,2-3,5H2,1H3;2-8H,1H3. The van der Waals surface area contributed by atoms with Gasteiger partial charge in [0.05, 0.1) is 20.9 Å². The van der Waals surface area contributed by atoms with Crippen LogP contribution >= 0.6 is 11.6 Å². The molecule has 0 unspecified atom stereocenters. The monoisotopic (exact) mass is 646 g/mol. The van der Waals surface area contributed by atoms with Gasteiger partial charge in [-0.15, -0.1) is 0 Å². The van der Waals surface area contributed by atoms with E-state index in [-0.39, 0.29) is 20.6 Å². The summed E-state index contributed by atoms with van der Waals surface area (Å²) in [5, 5.41) is 1.51. The van der Waals surface area contributed by atoms with E-state index in [2.05, 4.69) is 26.0 Å².